The molecule has 0 fully saturated rings. The van der Waals surface area contributed by atoms with Gasteiger partial charge in [-0.15, -0.1) is 0 Å². The van der Waals surface area contributed by atoms with Gasteiger partial charge in [0.25, 0.3) is 0 Å². The van der Waals surface area contributed by atoms with E-state index in [-0.39, 0.29) is 5.69 Å². The van der Waals surface area contributed by atoms with Gasteiger partial charge in [-0.25, -0.2) is 4.79 Å². The Morgan fingerprint density at radius 3 is 2.63 bits per heavy atom. The number of hydrogen-bond donors (Lipinski definition) is 2. The lowest BCUT2D eigenvalue weighted by atomic mass is 10.0. The Kier molecular flexibility index (Phi) is 3.85. The van der Waals surface area contributed by atoms with Crippen LogP contribution in [0.5, 0.6) is 5.75 Å². The van der Waals surface area contributed by atoms with Crippen LogP contribution in [0.1, 0.15) is 29.5 Å². The topological polar surface area (TPSA) is 75.2 Å². The molecule has 2 rings (SSSR count). The number of aryl methyl sites for hydroxylation is 1. The number of hydrogen-bond acceptors (Lipinski definition) is 3. The molecule has 5 nitrogen and oxygen atoms in total. The monoisotopic (exact) mass is 260 g/mol. The minimum absolute atomic E-state index is 0.0414. The second-order valence-electron chi connectivity index (χ2n) is 4.25. The van der Waals surface area contributed by atoms with Gasteiger partial charge in [-0.05, 0) is 31.0 Å². The molecule has 0 spiro atoms. The molecule has 0 saturated heterocycles. The van der Waals surface area contributed by atoms with Crippen LogP contribution in [-0.4, -0.2) is 27.9 Å². The zero-order valence-electron chi connectivity index (χ0n) is 10.9. The number of benzene rings is 1. The van der Waals surface area contributed by atoms with Crippen molar-refractivity contribution in [3.63, 3.8) is 0 Å². The van der Waals surface area contributed by atoms with E-state index in [9.17, 15) is 4.79 Å². The predicted octanol–water partition coefficient (Wildman–Crippen LogP) is 2.87. The van der Waals surface area contributed by atoms with Crippen molar-refractivity contribution in [2.24, 2.45) is 0 Å². The van der Waals surface area contributed by atoms with Gasteiger partial charge >= 0.3 is 5.97 Å². The van der Waals surface area contributed by atoms with Gasteiger partial charge in [-0.1, -0.05) is 19.1 Å². The van der Waals surface area contributed by atoms with Crippen LogP contribution in [0.3, 0.4) is 0 Å². The van der Waals surface area contributed by atoms with Crippen molar-refractivity contribution in [1.29, 1.82) is 0 Å². The highest BCUT2D eigenvalue weighted by atomic mass is 16.5. The Labute approximate surface area is 111 Å². The summed E-state index contributed by atoms with van der Waals surface area (Å²) in [4.78, 5) is 11.1. The fourth-order valence-electron chi connectivity index (χ4n) is 1.87. The van der Waals surface area contributed by atoms with E-state index in [1.54, 1.807) is 6.92 Å². The number of nitrogens with one attached hydrogen (secondary N) is 1. The van der Waals surface area contributed by atoms with Crippen LogP contribution in [0, 0.1) is 6.92 Å². The fourth-order valence-corrected chi connectivity index (χ4v) is 1.87. The van der Waals surface area contributed by atoms with Gasteiger partial charge in [0, 0.05) is 11.3 Å². The van der Waals surface area contributed by atoms with Gasteiger partial charge in [0.2, 0.25) is 0 Å². The van der Waals surface area contributed by atoms with Gasteiger partial charge in [0.1, 0.15) is 5.75 Å². The molecular weight excluding hydrogens is 244 g/mol. The molecule has 1 aromatic carbocycles. The molecule has 2 N–H and O–H groups in total. The van der Waals surface area contributed by atoms with E-state index in [0.717, 1.165) is 23.4 Å². The first kappa shape index (κ1) is 13.1. The van der Waals surface area contributed by atoms with Crippen molar-refractivity contribution >= 4 is 5.97 Å². The first-order valence-electron chi connectivity index (χ1n) is 6.15. The average Bonchev–Trinajstić information content (AvgIpc) is 2.79. The SMILES string of the molecule is CCCOc1ccc(-c2c(C(=O)O)n[nH]c2C)cc1. The molecule has 19 heavy (non-hydrogen) atoms. The molecule has 0 saturated carbocycles. The van der Waals surface area contributed by atoms with Crippen LogP contribution in [0.4, 0.5) is 0 Å². The zero-order valence-corrected chi connectivity index (χ0v) is 10.9. The highest BCUT2D eigenvalue weighted by Gasteiger charge is 2.17. The highest BCUT2D eigenvalue weighted by molar-refractivity contribution is 5.94. The summed E-state index contributed by atoms with van der Waals surface area (Å²) in [5, 5.41) is 15.6. The smallest absolute Gasteiger partial charge is 0.357 e. The standard InChI is InChI=1S/C14H16N2O3/c1-3-8-19-11-6-4-10(5-7-11)12-9(2)15-16-13(12)14(17)18/h4-7H,3,8H2,1-2H3,(H,15,16)(H,17,18). The molecule has 0 atom stereocenters. The number of carbonyl (C=O) groups is 1. The number of H-pyrrole nitrogens is 1. The minimum atomic E-state index is -1.04. The lowest BCUT2D eigenvalue weighted by Gasteiger charge is -2.06. The van der Waals surface area contributed by atoms with E-state index >= 15 is 0 Å². The third kappa shape index (κ3) is 2.76. The Bertz CT molecular complexity index is 573. The van der Waals surface area contributed by atoms with E-state index < -0.39 is 5.97 Å². The Morgan fingerprint density at radius 2 is 2.05 bits per heavy atom. The molecule has 100 valence electrons. The fraction of sp³-hybridized carbons (Fsp3) is 0.286. The molecule has 0 radical (unpaired) electrons. The van der Waals surface area contributed by atoms with Crippen molar-refractivity contribution in [3.05, 3.63) is 35.7 Å². The third-order valence-electron chi connectivity index (χ3n) is 2.77. The second kappa shape index (κ2) is 5.56. The van der Waals surface area contributed by atoms with E-state index in [4.69, 9.17) is 9.84 Å². The Balaban J connectivity index is 2.32. The summed E-state index contributed by atoms with van der Waals surface area (Å²) in [6, 6.07) is 7.36. The first-order chi connectivity index (χ1) is 9.13. The highest BCUT2D eigenvalue weighted by Crippen LogP contribution is 2.27. The van der Waals surface area contributed by atoms with Crippen LogP contribution >= 0.6 is 0 Å². The summed E-state index contributed by atoms with van der Waals surface area (Å²) in [5.41, 5.74) is 2.21. The Hall–Kier alpha value is -2.30. The maximum Gasteiger partial charge on any atom is 0.357 e. The van der Waals surface area contributed by atoms with Gasteiger partial charge in [-0.2, -0.15) is 5.10 Å². The van der Waals surface area contributed by atoms with Gasteiger partial charge in [-0.3, -0.25) is 5.10 Å². The summed E-state index contributed by atoms with van der Waals surface area (Å²) >= 11 is 0. The molecule has 0 bridgehead atoms. The lowest BCUT2D eigenvalue weighted by Crippen LogP contribution is -1.99. The maximum absolute atomic E-state index is 11.1. The average molecular weight is 260 g/mol. The Morgan fingerprint density at radius 1 is 1.37 bits per heavy atom. The summed E-state index contributed by atoms with van der Waals surface area (Å²) in [7, 11) is 0. The van der Waals surface area contributed by atoms with Crippen LogP contribution < -0.4 is 4.74 Å². The molecule has 0 aliphatic rings. The number of aromatic carboxylic acids is 1. The summed E-state index contributed by atoms with van der Waals surface area (Å²) in [5.74, 6) is -0.255. The van der Waals surface area contributed by atoms with Crippen LogP contribution in [0.25, 0.3) is 11.1 Å². The molecule has 2 aromatic rings. The van der Waals surface area contributed by atoms with Crippen molar-refractivity contribution in [2.45, 2.75) is 20.3 Å². The van der Waals surface area contributed by atoms with Crippen LogP contribution in [0.2, 0.25) is 0 Å². The molecule has 0 unspecified atom stereocenters. The summed E-state index contributed by atoms with van der Waals surface area (Å²) < 4.78 is 5.50. The number of nitrogens with zero attached hydrogens (tertiary/aromatic N) is 1. The molecule has 1 aromatic heterocycles. The molecule has 0 aliphatic carbocycles. The van der Waals surface area contributed by atoms with Crippen molar-refractivity contribution in [1.82, 2.24) is 10.2 Å². The van der Waals surface area contributed by atoms with E-state index in [0.29, 0.717) is 12.2 Å². The van der Waals surface area contributed by atoms with Crippen molar-refractivity contribution in [2.75, 3.05) is 6.61 Å². The normalized spacial score (nSPS) is 10.4. The number of ether oxygens (including phenoxy) is 1. The molecule has 0 amide bonds. The predicted molar refractivity (Wildman–Crippen MR) is 71.5 cm³/mol. The van der Waals surface area contributed by atoms with Gasteiger partial charge in [0.15, 0.2) is 5.69 Å². The maximum atomic E-state index is 11.1. The molecule has 5 heteroatoms. The van der Waals surface area contributed by atoms with E-state index in [2.05, 4.69) is 10.2 Å². The molecule has 1 heterocycles. The number of carboxylic acid groups (broad SMARTS) is 1. The van der Waals surface area contributed by atoms with E-state index in [1.165, 1.54) is 0 Å². The lowest BCUT2D eigenvalue weighted by molar-refractivity contribution is 0.0691. The number of rotatable bonds is 5. The molecule has 0 aliphatic heterocycles. The summed E-state index contributed by atoms with van der Waals surface area (Å²) in [6.45, 7) is 4.52. The summed E-state index contributed by atoms with van der Waals surface area (Å²) in [6.07, 6.45) is 0.950. The van der Waals surface area contributed by atoms with Crippen molar-refractivity contribution in [3.8, 4) is 16.9 Å². The number of aromatic amines is 1. The van der Waals surface area contributed by atoms with Crippen LogP contribution in [-0.2, 0) is 0 Å². The number of aromatic nitrogens is 2. The zero-order chi connectivity index (χ0) is 13.8. The van der Waals surface area contributed by atoms with E-state index in [1.807, 2.05) is 31.2 Å². The van der Waals surface area contributed by atoms with Gasteiger partial charge < -0.3 is 9.84 Å². The minimum Gasteiger partial charge on any atom is -0.494 e. The number of carboxylic acids is 1. The molecular formula is C14H16N2O3. The quantitative estimate of drug-likeness (QED) is 0.866. The van der Waals surface area contributed by atoms with Crippen molar-refractivity contribution < 1.29 is 14.6 Å². The largest absolute Gasteiger partial charge is 0.494 e. The third-order valence-corrected chi connectivity index (χ3v) is 2.77. The second-order valence-corrected chi connectivity index (χ2v) is 4.25. The first-order valence-corrected chi connectivity index (χ1v) is 6.15. The van der Waals surface area contributed by atoms with Gasteiger partial charge in [0.05, 0.1) is 6.61 Å². The van der Waals surface area contributed by atoms with Crippen LogP contribution in [0.15, 0.2) is 24.3 Å².